The second kappa shape index (κ2) is 6.67. The Bertz CT molecular complexity index is 441. The van der Waals surface area contributed by atoms with Crippen LogP contribution in [0.3, 0.4) is 0 Å². The maximum absolute atomic E-state index is 11.9. The van der Waals surface area contributed by atoms with Gasteiger partial charge >= 0.3 is 0 Å². The molecule has 6 nitrogen and oxygen atoms in total. The van der Waals surface area contributed by atoms with Crippen LogP contribution in [0.15, 0.2) is 18.3 Å². The molecule has 6 heteroatoms. The van der Waals surface area contributed by atoms with E-state index in [4.69, 9.17) is 10.5 Å². The quantitative estimate of drug-likeness (QED) is 0.853. The maximum atomic E-state index is 11.9. The fourth-order valence-electron chi connectivity index (χ4n) is 1.95. The number of nitrogens with one attached hydrogen (secondary N) is 1. The van der Waals surface area contributed by atoms with Crippen LogP contribution in [0, 0.1) is 5.92 Å². The lowest BCUT2D eigenvalue weighted by atomic mass is 10.0. The van der Waals surface area contributed by atoms with E-state index in [1.54, 1.807) is 6.20 Å². The van der Waals surface area contributed by atoms with E-state index >= 15 is 0 Å². The number of rotatable bonds is 4. The monoisotopic (exact) mass is 278 g/mol. The van der Waals surface area contributed by atoms with Crippen LogP contribution in [0.2, 0.25) is 0 Å². The molecule has 1 saturated heterocycles. The number of carbonyl (C=O) groups is 1. The molecule has 1 aliphatic heterocycles. The minimum atomic E-state index is -0.240. The van der Waals surface area contributed by atoms with Gasteiger partial charge in [-0.05, 0) is 19.1 Å². The second-order valence-electron chi connectivity index (χ2n) is 5.14. The summed E-state index contributed by atoms with van der Waals surface area (Å²) in [7, 11) is 0. The van der Waals surface area contributed by atoms with Gasteiger partial charge in [-0.15, -0.1) is 0 Å². The van der Waals surface area contributed by atoms with E-state index in [0.717, 1.165) is 32.0 Å². The lowest BCUT2D eigenvalue weighted by Crippen LogP contribution is -2.36. The first-order valence-electron chi connectivity index (χ1n) is 6.93. The fourth-order valence-corrected chi connectivity index (χ4v) is 1.95. The number of nitrogens with zero attached hydrogens (tertiary/aromatic N) is 2. The van der Waals surface area contributed by atoms with Crippen LogP contribution in [-0.4, -0.2) is 43.2 Å². The van der Waals surface area contributed by atoms with Crippen LogP contribution in [0.5, 0.6) is 0 Å². The first kappa shape index (κ1) is 14.7. The molecule has 1 amide bonds. The van der Waals surface area contributed by atoms with Crippen molar-refractivity contribution < 1.29 is 9.53 Å². The van der Waals surface area contributed by atoms with Crippen LogP contribution < -0.4 is 16.0 Å². The molecule has 1 aromatic heterocycles. The average molecular weight is 278 g/mol. The highest BCUT2D eigenvalue weighted by atomic mass is 16.5. The van der Waals surface area contributed by atoms with Crippen molar-refractivity contribution >= 4 is 17.4 Å². The van der Waals surface area contributed by atoms with Crippen molar-refractivity contribution in [1.82, 2.24) is 4.98 Å². The van der Waals surface area contributed by atoms with Crippen LogP contribution >= 0.6 is 0 Å². The van der Waals surface area contributed by atoms with Crippen LogP contribution in [0.25, 0.3) is 0 Å². The Labute approximate surface area is 119 Å². The number of hydrogen-bond donors (Lipinski definition) is 2. The number of nitrogens with two attached hydrogens (primary N) is 1. The van der Waals surface area contributed by atoms with Gasteiger partial charge < -0.3 is 20.7 Å². The normalized spacial score (nSPS) is 18.4. The molecule has 3 N–H and O–H groups in total. The van der Waals surface area contributed by atoms with Crippen LogP contribution in [0.4, 0.5) is 11.5 Å². The maximum Gasteiger partial charge on any atom is 0.229 e. The number of amides is 1. The van der Waals surface area contributed by atoms with E-state index < -0.39 is 0 Å². The summed E-state index contributed by atoms with van der Waals surface area (Å²) in [6, 6.07) is 3.60. The Morgan fingerprint density at radius 2 is 2.10 bits per heavy atom. The number of anilines is 2. The van der Waals surface area contributed by atoms with Gasteiger partial charge in [-0.3, -0.25) is 4.79 Å². The first-order chi connectivity index (χ1) is 9.58. The summed E-state index contributed by atoms with van der Waals surface area (Å²) in [6.45, 7) is 6.85. The van der Waals surface area contributed by atoms with Crippen molar-refractivity contribution in [1.29, 1.82) is 0 Å². The molecule has 0 aromatic carbocycles. The van der Waals surface area contributed by atoms with Crippen molar-refractivity contribution in [2.24, 2.45) is 11.7 Å². The minimum absolute atomic E-state index is 0.105. The highest BCUT2D eigenvalue weighted by Crippen LogP contribution is 2.17. The van der Waals surface area contributed by atoms with Gasteiger partial charge in [0, 0.05) is 19.1 Å². The molecule has 2 atom stereocenters. The molecule has 0 saturated carbocycles. The van der Waals surface area contributed by atoms with Crippen LogP contribution in [-0.2, 0) is 9.53 Å². The molecule has 1 aromatic rings. The van der Waals surface area contributed by atoms with Gasteiger partial charge in [-0.25, -0.2) is 4.98 Å². The Kier molecular flexibility index (Phi) is 4.92. The van der Waals surface area contributed by atoms with Crippen molar-refractivity contribution in [2.45, 2.75) is 19.9 Å². The Morgan fingerprint density at radius 3 is 2.65 bits per heavy atom. The molecule has 2 heterocycles. The van der Waals surface area contributed by atoms with Gasteiger partial charge in [-0.1, -0.05) is 6.92 Å². The van der Waals surface area contributed by atoms with Gasteiger partial charge in [0.05, 0.1) is 31.0 Å². The third kappa shape index (κ3) is 3.68. The summed E-state index contributed by atoms with van der Waals surface area (Å²) < 4.78 is 5.32. The number of carbonyl (C=O) groups excluding carboxylic acids is 1. The molecule has 0 bridgehead atoms. The average Bonchev–Trinajstić information content (AvgIpc) is 2.48. The topological polar surface area (TPSA) is 80.5 Å². The largest absolute Gasteiger partial charge is 0.378 e. The molecule has 0 spiro atoms. The lowest BCUT2D eigenvalue weighted by Gasteiger charge is -2.28. The predicted molar refractivity (Wildman–Crippen MR) is 78.7 cm³/mol. The van der Waals surface area contributed by atoms with Gasteiger partial charge in [0.25, 0.3) is 0 Å². The number of ether oxygens (including phenoxy) is 1. The van der Waals surface area contributed by atoms with E-state index in [9.17, 15) is 4.79 Å². The first-order valence-corrected chi connectivity index (χ1v) is 6.93. The summed E-state index contributed by atoms with van der Waals surface area (Å²) in [6.07, 6.45) is 1.78. The number of hydrogen-bond acceptors (Lipinski definition) is 5. The molecule has 0 radical (unpaired) electrons. The summed E-state index contributed by atoms with van der Waals surface area (Å²) in [5, 5.41) is 2.78. The lowest BCUT2D eigenvalue weighted by molar-refractivity contribution is -0.119. The van der Waals surface area contributed by atoms with E-state index in [1.165, 1.54) is 0 Å². The highest BCUT2D eigenvalue weighted by molar-refractivity contribution is 5.91. The zero-order valence-corrected chi connectivity index (χ0v) is 12.0. The van der Waals surface area contributed by atoms with Gasteiger partial charge in [0.2, 0.25) is 5.91 Å². The zero-order valence-electron chi connectivity index (χ0n) is 12.0. The van der Waals surface area contributed by atoms with E-state index in [0.29, 0.717) is 5.82 Å². The van der Waals surface area contributed by atoms with E-state index in [2.05, 4.69) is 15.2 Å². The number of aromatic nitrogens is 1. The molecule has 0 aliphatic carbocycles. The summed E-state index contributed by atoms with van der Waals surface area (Å²) in [5.74, 6) is 0.210. The van der Waals surface area contributed by atoms with Crippen molar-refractivity contribution in [2.75, 3.05) is 36.5 Å². The number of pyridine rings is 1. The predicted octanol–water partition coefficient (Wildman–Crippen LogP) is 0.840. The van der Waals surface area contributed by atoms with Gasteiger partial charge in [-0.2, -0.15) is 0 Å². The molecule has 1 aliphatic rings. The molecule has 20 heavy (non-hydrogen) atoms. The molecule has 2 unspecified atom stereocenters. The third-order valence-corrected chi connectivity index (χ3v) is 3.58. The molecule has 110 valence electrons. The third-order valence-electron chi connectivity index (χ3n) is 3.58. The zero-order chi connectivity index (χ0) is 14.5. The van der Waals surface area contributed by atoms with Crippen molar-refractivity contribution in [3.63, 3.8) is 0 Å². The Hall–Kier alpha value is -1.66. The molecular formula is C14H22N4O2. The van der Waals surface area contributed by atoms with Crippen LogP contribution in [0.1, 0.15) is 13.8 Å². The summed E-state index contributed by atoms with van der Waals surface area (Å²) in [5.41, 5.74) is 6.76. The Morgan fingerprint density at radius 1 is 1.40 bits per heavy atom. The summed E-state index contributed by atoms with van der Waals surface area (Å²) in [4.78, 5) is 18.4. The standard InChI is InChI=1S/C14H22N4O2/c1-10(11(2)15)14(19)17-13-4-3-12(9-16-13)18-5-7-20-8-6-18/h3-4,9-11H,5-8,15H2,1-2H3,(H,16,17,19). The van der Waals surface area contributed by atoms with E-state index in [-0.39, 0.29) is 17.9 Å². The summed E-state index contributed by atoms with van der Waals surface area (Å²) >= 11 is 0. The highest BCUT2D eigenvalue weighted by Gasteiger charge is 2.17. The SMILES string of the molecule is CC(N)C(C)C(=O)Nc1ccc(N2CCOCC2)cn1. The number of morpholine rings is 1. The van der Waals surface area contributed by atoms with Gasteiger partial charge in [0.1, 0.15) is 5.82 Å². The van der Waals surface area contributed by atoms with E-state index in [1.807, 2.05) is 26.0 Å². The van der Waals surface area contributed by atoms with Crippen molar-refractivity contribution in [3.8, 4) is 0 Å². The smallest absolute Gasteiger partial charge is 0.229 e. The molecule has 1 fully saturated rings. The van der Waals surface area contributed by atoms with Crippen molar-refractivity contribution in [3.05, 3.63) is 18.3 Å². The van der Waals surface area contributed by atoms with Gasteiger partial charge in [0.15, 0.2) is 0 Å². The Balaban J connectivity index is 1.96. The fraction of sp³-hybridized carbons (Fsp3) is 0.571. The molecular weight excluding hydrogens is 256 g/mol. The molecule has 2 rings (SSSR count). The minimum Gasteiger partial charge on any atom is -0.378 e. The second-order valence-corrected chi connectivity index (χ2v) is 5.14.